The molecule has 0 aliphatic heterocycles. The summed E-state index contributed by atoms with van der Waals surface area (Å²) in [5.74, 6) is 0.466. The summed E-state index contributed by atoms with van der Waals surface area (Å²) in [6.45, 7) is 2.22. The maximum absolute atomic E-state index is 12.4. The lowest BCUT2D eigenvalue weighted by Gasteiger charge is -2.08. The van der Waals surface area contributed by atoms with E-state index in [-0.39, 0.29) is 11.5 Å². The number of ether oxygens (including phenoxy) is 1. The van der Waals surface area contributed by atoms with Crippen molar-refractivity contribution < 1.29 is 9.53 Å². The molecule has 2 aromatic carbocycles. The van der Waals surface area contributed by atoms with Crippen LogP contribution in [0.1, 0.15) is 21.6 Å². The second kappa shape index (κ2) is 7.45. The number of nitrogens with one attached hydrogen (secondary N) is 1. The van der Waals surface area contributed by atoms with Gasteiger partial charge in [0.15, 0.2) is 11.5 Å². The Morgan fingerprint density at radius 3 is 2.88 bits per heavy atom. The molecule has 0 unspecified atom stereocenters. The molecule has 0 bridgehead atoms. The number of carbonyl (C=O) groups is 1. The standard InChI is InChI=1S/C18H18ClN5O2/c1-11-6-7-13(19)9-15(11)24-17(20)16(22-23-24)18(25)21-10-12-4-3-5-14(8-12)26-2/h3-9H,10,20H2,1-2H3,(H,21,25). The SMILES string of the molecule is COc1cccc(CNC(=O)c2nnn(-c3cc(Cl)ccc3C)c2N)c1. The molecule has 1 aromatic heterocycles. The third kappa shape index (κ3) is 3.62. The Morgan fingerprint density at radius 1 is 1.31 bits per heavy atom. The van der Waals surface area contributed by atoms with Crippen molar-refractivity contribution >= 4 is 23.3 Å². The summed E-state index contributed by atoms with van der Waals surface area (Å²) in [5, 5.41) is 11.2. The van der Waals surface area contributed by atoms with Crippen molar-refractivity contribution in [3.8, 4) is 11.4 Å². The number of amides is 1. The molecule has 0 spiro atoms. The zero-order valence-electron chi connectivity index (χ0n) is 14.4. The van der Waals surface area contributed by atoms with E-state index < -0.39 is 5.91 Å². The third-order valence-corrected chi connectivity index (χ3v) is 4.14. The first-order valence-corrected chi connectivity index (χ1v) is 8.26. The molecular weight excluding hydrogens is 354 g/mol. The molecule has 3 rings (SSSR count). The highest BCUT2D eigenvalue weighted by Gasteiger charge is 2.19. The van der Waals surface area contributed by atoms with Gasteiger partial charge < -0.3 is 15.8 Å². The van der Waals surface area contributed by atoms with Gasteiger partial charge in [0.05, 0.1) is 12.8 Å². The smallest absolute Gasteiger partial charge is 0.275 e. The first-order valence-electron chi connectivity index (χ1n) is 7.88. The van der Waals surface area contributed by atoms with Gasteiger partial charge in [-0.05, 0) is 42.3 Å². The summed E-state index contributed by atoms with van der Waals surface area (Å²) >= 11 is 6.04. The molecule has 26 heavy (non-hydrogen) atoms. The van der Waals surface area contributed by atoms with Crippen molar-refractivity contribution in [3.05, 3.63) is 64.3 Å². The fraction of sp³-hybridized carbons (Fsp3) is 0.167. The Hall–Kier alpha value is -3.06. The van der Waals surface area contributed by atoms with Gasteiger partial charge in [0, 0.05) is 11.6 Å². The van der Waals surface area contributed by atoms with E-state index in [0.717, 1.165) is 16.9 Å². The third-order valence-electron chi connectivity index (χ3n) is 3.91. The van der Waals surface area contributed by atoms with Gasteiger partial charge in [0.2, 0.25) is 0 Å². The number of carbonyl (C=O) groups excluding carboxylic acids is 1. The van der Waals surface area contributed by atoms with Crippen molar-refractivity contribution in [3.63, 3.8) is 0 Å². The van der Waals surface area contributed by atoms with E-state index in [9.17, 15) is 4.79 Å². The van der Waals surface area contributed by atoms with Crippen LogP contribution in [0.5, 0.6) is 5.75 Å². The number of halogens is 1. The first-order chi connectivity index (χ1) is 12.5. The van der Waals surface area contributed by atoms with Crippen LogP contribution in [0.4, 0.5) is 5.82 Å². The number of hydrogen-bond acceptors (Lipinski definition) is 5. The lowest BCUT2D eigenvalue weighted by atomic mass is 10.2. The number of benzene rings is 2. The largest absolute Gasteiger partial charge is 0.497 e. The van der Waals surface area contributed by atoms with E-state index in [0.29, 0.717) is 17.3 Å². The normalized spacial score (nSPS) is 10.6. The van der Waals surface area contributed by atoms with Gasteiger partial charge >= 0.3 is 0 Å². The second-order valence-electron chi connectivity index (χ2n) is 5.70. The Bertz CT molecular complexity index is 955. The van der Waals surface area contributed by atoms with Crippen molar-refractivity contribution in [2.45, 2.75) is 13.5 Å². The molecule has 0 aliphatic carbocycles. The summed E-state index contributed by atoms with van der Waals surface area (Å²) in [6.07, 6.45) is 0. The summed E-state index contributed by atoms with van der Waals surface area (Å²) in [6, 6.07) is 12.8. The number of nitrogen functional groups attached to an aromatic ring is 1. The molecule has 1 amide bonds. The number of aryl methyl sites for hydroxylation is 1. The quantitative estimate of drug-likeness (QED) is 0.719. The van der Waals surface area contributed by atoms with E-state index in [1.807, 2.05) is 37.3 Å². The fourth-order valence-corrected chi connectivity index (χ4v) is 2.65. The zero-order valence-corrected chi connectivity index (χ0v) is 15.1. The zero-order chi connectivity index (χ0) is 18.7. The molecule has 0 aliphatic rings. The van der Waals surface area contributed by atoms with Crippen LogP contribution >= 0.6 is 11.6 Å². The number of aromatic nitrogens is 3. The average Bonchev–Trinajstić information content (AvgIpc) is 3.03. The van der Waals surface area contributed by atoms with Gasteiger partial charge in [-0.1, -0.05) is 35.0 Å². The van der Waals surface area contributed by atoms with Crippen LogP contribution in [-0.4, -0.2) is 28.0 Å². The van der Waals surface area contributed by atoms with Gasteiger partial charge in [0.25, 0.3) is 5.91 Å². The van der Waals surface area contributed by atoms with Gasteiger partial charge in [0.1, 0.15) is 5.75 Å². The number of methoxy groups -OCH3 is 1. The molecule has 3 N–H and O–H groups in total. The van der Waals surface area contributed by atoms with Gasteiger partial charge in [-0.15, -0.1) is 5.10 Å². The number of rotatable bonds is 5. The van der Waals surface area contributed by atoms with Crippen LogP contribution in [0.25, 0.3) is 5.69 Å². The molecule has 3 aromatic rings. The van der Waals surface area contributed by atoms with E-state index >= 15 is 0 Å². The highest BCUT2D eigenvalue weighted by Crippen LogP contribution is 2.22. The Kier molecular flexibility index (Phi) is 5.09. The minimum atomic E-state index is -0.406. The molecule has 0 saturated carbocycles. The molecule has 0 fully saturated rings. The lowest BCUT2D eigenvalue weighted by Crippen LogP contribution is -2.24. The predicted octanol–water partition coefficient (Wildman–Crippen LogP) is 2.75. The molecule has 7 nitrogen and oxygen atoms in total. The number of hydrogen-bond donors (Lipinski definition) is 2. The maximum Gasteiger partial charge on any atom is 0.275 e. The van der Waals surface area contributed by atoms with Crippen LogP contribution in [-0.2, 0) is 6.54 Å². The van der Waals surface area contributed by atoms with Crippen LogP contribution in [0, 0.1) is 6.92 Å². The second-order valence-corrected chi connectivity index (χ2v) is 6.14. The minimum absolute atomic E-state index is 0.0623. The summed E-state index contributed by atoms with van der Waals surface area (Å²) in [5.41, 5.74) is 8.63. The summed E-state index contributed by atoms with van der Waals surface area (Å²) < 4.78 is 6.57. The molecule has 0 atom stereocenters. The van der Waals surface area contributed by atoms with E-state index in [2.05, 4.69) is 15.6 Å². The van der Waals surface area contributed by atoms with Crippen LogP contribution < -0.4 is 15.8 Å². The van der Waals surface area contributed by atoms with Gasteiger partial charge in [-0.25, -0.2) is 0 Å². The molecular formula is C18H18ClN5O2. The van der Waals surface area contributed by atoms with Crippen molar-refractivity contribution in [2.24, 2.45) is 0 Å². The van der Waals surface area contributed by atoms with Crippen molar-refractivity contribution in [2.75, 3.05) is 12.8 Å². The number of nitrogens with two attached hydrogens (primary N) is 1. The van der Waals surface area contributed by atoms with E-state index in [1.165, 1.54) is 4.68 Å². The summed E-state index contributed by atoms with van der Waals surface area (Å²) in [7, 11) is 1.59. The van der Waals surface area contributed by atoms with Crippen molar-refractivity contribution in [1.82, 2.24) is 20.3 Å². The van der Waals surface area contributed by atoms with Crippen LogP contribution in [0.2, 0.25) is 5.02 Å². The monoisotopic (exact) mass is 371 g/mol. The minimum Gasteiger partial charge on any atom is -0.497 e. The van der Waals surface area contributed by atoms with E-state index in [4.69, 9.17) is 22.1 Å². The molecule has 134 valence electrons. The summed E-state index contributed by atoms with van der Waals surface area (Å²) in [4.78, 5) is 12.4. The lowest BCUT2D eigenvalue weighted by molar-refractivity contribution is 0.0946. The van der Waals surface area contributed by atoms with Gasteiger partial charge in [-0.3, -0.25) is 4.79 Å². The molecule has 1 heterocycles. The van der Waals surface area contributed by atoms with Gasteiger partial charge in [-0.2, -0.15) is 4.68 Å². The van der Waals surface area contributed by atoms with Crippen LogP contribution in [0.3, 0.4) is 0 Å². The fourth-order valence-electron chi connectivity index (χ4n) is 2.49. The molecule has 8 heteroatoms. The Labute approximate surface area is 155 Å². The average molecular weight is 372 g/mol. The maximum atomic E-state index is 12.4. The predicted molar refractivity (Wildman–Crippen MR) is 99.7 cm³/mol. The highest BCUT2D eigenvalue weighted by atomic mass is 35.5. The van der Waals surface area contributed by atoms with E-state index in [1.54, 1.807) is 19.2 Å². The topological polar surface area (TPSA) is 95.1 Å². The molecule has 0 radical (unpaired) electrons. The Morgan fingerprint density at radius 2 is 2.12 bits per heavy atom. The Balaban J connectivity index is 1.78. The first kappa shape index (κ1) is 17.8. The highest BCUT2D eigenvalue weighted by molar-refractivity contribution is 6.30. The molecule has 0 saturated heterocycles. The number of nitrogens with zero attached hydrogens (tertiary/aromatic N) is 3. The van der Waals surface area contributed by atoms with Crippen molar-refractivity contribution in [1.29, 1.82) is 0 Å². The number of anilines is 1. The van der Waals surface area contributed by atoms with Crippen LogP contribution in [0.15, 0.2) is 42.5 Å².